The minimum atomic E-state index is -0.0585. The van der Waals surface area contributed by atoms with E-state index in [4.69, 9.17) is 20.4 Å². The number of ether oxygens (including phenoxy) is 2. The fourth-order valence-electron chi connectivity index (χ4n) is 1.62. The highest BCUT2D eigenvalue weighted by Crippen LogP contribution is 2.16. The Morgan fingerprint density at radius 1 is 1.30 bits per heavy atom. The molecule has 6 heteroatoms. The molecular weight excluding hydrogens is 258 g/mol. The van der Waals surface area contributed by atoms with Crippen molar-refractivity contribution < 1.29 is 14.7 Å². The van der Waals surface area contributed by atoms with Gasteiger partial charge in [0, 0.05) is 12.3 Å². The lowest BCUT2D eigenvalue weighted by Gasteiger charge is -2.08. The zero-order valence-electron chi connectivity index (χ0n) is 11.0. The predicted octanol–water partition coefficient (Wildman–Crippen LogP) is 1.76. The van der Waals surface area contributed by atoms with Crippen LogP contribution in [0.5, 0.6) is 11.5 Å². The molecule has 0 atom stereocenters. The maximum absolute atomic E-state index is 8.61. The first kappa shape index (κ1) is 13.7. The smallest absolute Gasteiger partial charge is 0.188 e. The number of hydrogen-bond acceptors (Lipinski definition) is 5. The van der Waals surface area contributed by atoms with E-state index in [0.717, 1.165) is 11.3 Å². The average Bonchev–Trinajstić information content (AvgIpc) is 2.52. The number of hydrogen-bond donors (Lipinski definition) is 2. The average molecular weight is 273 g/mol. The summed E-state index contributed by atoms with van der Waals surface area (Å²) in [6, 6.07) is 10.9. The second-order valence-corrected chi connectivity index (χ2v) is 4.00. The van der Waals surface area contributed by atoms with Crippen molar-refractivity contribution in [2.24, 2.45) is 10.9 Å². The first-order valence-electron chi connectivity index (χ1n) is 5.92. The van der Waals surface area contributed by atoms with Gasteiger partial charge in [-0.05, 0) is 23.8 Å². The molecule has 0 aliphatic carbocycles. The molecule has 1 heterocycles. The molecule has 20 heavy (non-hydrogen) atoms. The molecule has 3 N–H and O–H groups in total. The molecule has 0 unspecified atom stereocenters. The summed E-state index contributed by atoms with van der Waals surface area (Å²) in [5.74, 6) is 1.31. The zero-order valence-corrected chi connectivity index (χ0v) is 11.0. The van der Waals surface area contributed by atoms with Crippen LogP contribution >= 0.6 is 0 Å². The molecule has 0 bridgehead atoms. The Kier molecular flexibility index (Phi) is 4.39. The summed E-state index contributed by atoms with van der Waals surface area (Å²) in [4.78, 5) is 3.98. The van der Waals surface area contributed by atoms with Gasteiger partial charge in [-0.25, -0.2) is 0 Å². The third-order valence-electron chi connectivity index (χ3n) is 2.64. The van der Waals surface area contributed by atoms with E-state index in [0.29, 0.717) is 18.1 Å². The molecule has 104 valence electrons. The van der Waals surface area contributed by atoms with Gasteiger partial charge in [-0.2, -0.15) is 0 Å². The van der Waals surface area contributed by atoms with Crippen molar-refractivity contribution >= 4 is 5.84 Å². The van der Waals surface area contributed by atoms with Gasteiger partial charge in [-0.3, -0.25) is 4.98 Å². The van der Waals surface area contributed by atoms with Gasteiger partial charge in [-0.15, -0.1) is 0 Å². The van der Waals surface area contributed by atoms with E-state index in [1.165, 1.54) is 6.20 Å². The monoisotopic (exact) mass is 273 g/mol. The van der Waals surface area contributed by atoms with Crippen molar-refractivity contribution in [1.82, 2.24) is 4.98 Å². The van der Waals surface area contributed by atoms with E-state index in [-0.39, 0.29) is 5.84 Å². The fourth-order valence-corrected chi connectivity index (χ4v) is 1.62. The number of pyridine rings is 1. The Morgan fingerprint density at radius 3 is 2.90 bits per heavy atom. The molecule has 0 aliphatic heterocycles. The fraction of sp³-hybridized carbons (Fsp3) is 0.143. The SMILES string of the molecule is COc1cccc(COc2ccnc(C(N)=NO)c2)c1. The Labute approximate surface area is 116 Å². The highest BCUT2D eigenvalue weighted by Gasteiger charge is 2.03. The number of oxime groups is 1. The third-order valence-corrected chi connectivity index (χ3v) is 2.64. The molecule has 0 amide bonds. The van der Waals surface area contributed by atoms with E-state index in [1.54, 1.807) is 19.2 Å². The first-order valence-corrected chi connectivity index (χ1v) is 5.92. The Morgan fingerprint density at radius 2 is 2.15 bits per heavy atom. The van der Waals surface area contributed by atoms with Gasteiger partial charge in [0.2, 0.25) is 0 Å². The number of nitrogens with zero attached hydrogens (tertiary/aromatic N) is 2. The maximum atomic E-state index is 8.61. The molecule has 2 aromatic rings. The number of benzene rings is 1. The number of aromatic nitrogens is 1. The van der Waals surface area contributed by atoms with Gasteiger partial charge < -0.3 is 20.4 Å². The van der Waals surface area contributed by atoms with Crippen molar-refractivity contribution in [2.45, 2.75) is 6.61 Å². The topological polar surface area (TPSA) is 90.0 Å². The van der Waals surface area contributed by atoms with Crippen LogP contribution in [-0.2, 0) is 6.61 Å². The maximum Gasteiger partial charge on any atom is 0.188 e. The van der Waals surface area contributed by atoms with Gasteiger partial charge in [-0.1, -0.05) is 17.3 Å². The largest absolute Gasteiger partial charge is 0.497 e. The summed E-state index contributed by atoms with van der Waals surface area (Å²) in [6.07, 6.45) is 1.54. The lowest BCUT2D eigenvalue weighted by Crippen LogP contribution is -2.14. The van der Waals surface area contributed by atoms with Gasteiger partial charge in [0.05, 0.1) is 7.11 Å². The van der Waals surface area contributed by atoms with Crippen LogP contribution in [0.2, 0.25) is 0 Å². The number of methoxy groups -OCH3 is 1. The van der Waals surface area contributed by atoms with E-state index >= 15 is 0 Å². The van der Waals surface area contributed by atoms with Crippen LogP contribution < -0.4 is 15.2 Å². The standard InChI is InChI=1S/C14H15N3O3/c1-19-11-4-2-3-10(7-11)9-20-12-5-6-16-13(8-12)14(15)17-18/h2-8,18H,9H2,1H3,(H2,15,17). The van der Waals surface area contributed by atoms with Crippen LogP contribution in [-0.4, -0.2) is 23.1 Å². The highest BCUT2D eigenvalue weighted by molar-refractivity contribution is 5.95. The molecule has 0 radical (unpaired) electrons. The number of amidine groups is 1. The van der Waals surface area contributed by atoms with Crippen LogP contribution in [0.1, 0.15) is 11.3 Å². The zero-order chi connectivity index (χ0) is 14.4. The Bertz CT molecular complexity index is 614. The van der Waals surface area contributed by atoms with Crippen LogP contribution in [0.3, 0.4) is 0 Å². The van der Waals surface area contributed by atoms with Crippen LogP contribution in [0, 0.1) is 0 Å². The van der Waals surface area contributed by atoms with E-state index in [2.05, 4.69) is 10.1 Å². The van der Waals surface area contributed by atoms with E-state index in [1.807, 2.05) is 24.3 Å². The van der Waals surface area contributed by atoms with Gasteiger partial charge in [0.25, 0.3) is 0 Å². The molecule has 6 nitrogen and oxygen atoms in total. The normalized spacial score (nSPS) is 11.2. The molecule has 1 aromatic heterocycles. The van der Waals surface area contributed by atoms with Gasteiger partial charge >= 0.3 is 0 Å². The summed E-state index contributed by atoms with van der Waals surface area (Å²) in [5.41, 5.74) is 6.81. The molecular formula is C14H15N3O3. The molecule has 0 saturated heterocycles. The van der Waals surface area contributed by atoms with Gasteiger partial charge in [0.15, 0.2) is 5.84 Å². The molecule has 0 fully saturated rings. The number of nitrogens with two attached hydrogens (primary N) is 1. The van der Waals surface area contributed by atoms with E-state index in [9.17, 15) is 0 Å². The first-order chi connectivity index (χ1) is 9.72. The minimum absolute atomic E-state index is 0.0585. The molecule has 2 rings (SSSR count). The van der Waals surface area contributed by atoms with Crippen molar-refractivity contribution in [1.29, 1.82) is 0 Å². The number of rotatable bonds is 5. The highest BCUT2D eigenvalue weighted by atomic mass is 16.5. The summed E-state index contributed by atoms with van der Waals surface area (Å²) in [5, 5.41) is 11.5. The lowest BCUT2D eigenvalue weighted by atomic mass is 10.2. The molecule has 0 saturated carbocycles. The molecule has 0 aliphatic rings. The summed E-state index contributed by atoms with van der Waals surface area (Å²) >= 11 is 0. The summed E-state index contributed by atoms with van der Waals surface area (Å²) in [7, 11) is 1.62. The Hall–Kier alpha value is -2.76. The minimum Gasteiger partial charge on any atom is -0.497 e. The van der Waals surface area contributed by atoms with Crippen LogP contribution in [0.25, 0.3) is 0 Å². The predicted molar refractivity (Wildman–Crippen MR) is 74.1 cm³/mol. The second kappa shape index (κ2) is 6.42. The Balaban J connectivity index is 2.07. The molecule has 0 spiro atoms. The van der Waals surface area contributed by atoms with Crippen molar-refractivity contribution in [2.75, 3.05) is 7.11 Å². The second-order valence-electron chi connectivity index (χ2n) is 4.00. The van der Waals surface area contributed by atoms with Gasteiger partial charge in [0.1, 0.15) is 23.8 Å². The lowest BCUT2D eigenvalue weighted by molar-refractivity contribution is 0.304. The molecule has 1 aromatic carbocycles. The summed E-state index contributed by atoms with van der Waals surface area (Å²) < 4.78 is 10.8. The van der Waals surface area contributed by atoms with Crippen LogP contribution in [0.15, 0.2) is 47.8 Å². The third kappa shape index (κ3) is 3.38. The van der Waals surface area contributed by atoms with Crippen molar-refractivity contribution in [3.8, 4) is 11.5 Å². The van der Waals surface area contributed by atoms with Crippen LogP contribution in [0.4, 0.5) is 0 Å². The van der Waals surface area contributed by atoms with Crippen molar-refractivity contribution in [3.63, 3.8) is 0 Å². The van der Waals surface area contributed by atoms with E-state index < -0.39 is 0 Å². The quantitative estimate of drug-likeness (QED) is 0.375. The summed E-state index contributed by atoms with van der Waals surface area (Å²) in [6.45, 7) is 0.386. The van der Waals surface area contributed by atoms with Crippen molar-refractivity contribution in [3.05, 3.63) is 53.9 Å².